The van der Waals surface area contributed by atoms with Crippen molar-refractivity contribution in [1.29, 1.82) is 0 Å². The Morgan fingerprint density at radius 3 is 1.92 bits per heavy atom. The lowest BCUT2D eigenvalue weighted by Crippen LogP contribution is -2.48. The summed E-state index contributed by atoms with van der Waals surface area (Å²) in [5.41, 5.74) is 0. The number of rotatable bonds is 6. The summed E-state index contributed by atoms with van der Waals surface area (Å²) in [5, 5.41) is 0. The lowest BCUT2D eigenvalue weighted by molar-refractivity contribution is -0.143. The second-order valence-electron chi connectivity index (χ2n) is 2.31. The fourth-order valence-electron chi connectivity index (χ4n) is 0.698. The standard InChI is InChI=1S/C7H16O5Si/c1-5-7(8)12-6-13(9-2,10-3)11-4/h5-6H2,1-4H3. The summed E-state index contributed by atoms with van der Waals surface area (Å²) in [7, 11) is 1.67. The van der Waals surface area contributed by atoms with E-state index in [0.717, 1.165) is 0 Å². The van der Waals surface area contributed by atoms with Gasteiger partial charge in [0.2, 0.25) is 0 Å². The van der Waals surface area contributed by atoms with Crippen LogP contribution in [0.5, 0.6) is 0 Å². The van der Waals surface area contributed by atoms with Crippen LogP contribution < -0.4 is 0 Å². The SMILES string of the molecule is CCC(=O)OC[Si](OC)(OC)OC. The number of carbonyl (C=O) groups excluding carboxylic acids is 1. The normalized spacial score (nSPS) is 11.4. The predicted molar refractivity (Wildman–Crippen MR) is 48.0 cm³/mol. The second kappa shape index (κ2) is 6.09. The third kappa shape index (κ3) is 3.86. The fourth-order valence-corrected chi connectivity index (χ4v) is 1.89. The molecule has 0 aliphatic rings. The number of esters is 1. The summed E-state index contributed by atoms with van der Waals surface area (Å²) >= 11 is 0. The summed E-state index contributed by atoms with van der Waals surface area (Å²) < 4.78 is 20.0. The minimum atomic E-state index is -2.74. The number of hydrogen-bond acceptors (Lipinski definition) is 5. The van der Waals surface area contributed by atoms with Gasteiger partial charge in [-0.1, -0.05) is 6.92 Å². The highest BCUT2D eigenvalue weighted by Gasteiger charge is 2.39. The van der Waals surface area contributed by atoms with E-state index in [9.17, 15) is 4.79 Å². The first kappa shape index (κ1) is 12.6. The van der Waals surface area contributed by atoms with Crippen LogP contribution in [0.1, 0.15) is 13.3 Å². The molecule has 6 heteroatoms. The molecule has 0 spiro atoms. The molecule has 0 fully saturated rings. The third-order valence-corrected chi connectivity index (χ3v) is 4.00. The molecule has 0 radical (unpaired) electrons. The molecule has 5 nitrogen and oxygen atoms in total. The van der Waals surface area contributed by atoms with Crippen molar-refractivity contribution >= 4 is 14.8 Å². The zero-order valence-corrected chi connectivity index (χ0v) is 9.46. The van der Waals surface area contributed by atoms with E-state index in [0.29, 0.717) is 6.42 Å². The van der Waals surface area contributed by atoms with Gasteiger partial charge in [0, 0.05) is 27.8 Å². The molecule has 78 valence electrons. The van der Waals surface area contributed by atoms with Crippen molar-refractivity contribution in [3.05, 3.63) is 0 Å². The first-order valence-electron chi connectivity index (χ1n) is 3.95. The molecule has 0 atom stereocenters. The quantitative estimate of drug-likeness (QED) is 0.466. The van der Waals surface area contributed by atoms with Crippen molar-refractivity contribution in [2.45, 2.75) is 13.3 Å². The van der Waals surface area contributed by atoms with Crippen molar-refractivity contribution in [3.63, 3.8) is 0 Å². The molecular formula is C7H16O5Si. The second-order valence-corrected chi connectivity index (χ2v) is 5.19. The van der Waals surface area contributed by atoms with Gasteiger partial charge in [0.15, 0.2) is 6.23 Å². The van der Waals surface area contributed by atoms with Crippen LogP contribution >= 0.6 is 0 Å². The van der Waals surface area contributed by atoms with Gasteiger partial charge < -0.3 is 18.0 Å². The van der Waals surface area contributed by atoms with Crippen molar-refractivity contribution in [1.82, 2.24) is 0 Å². The molecule has 0 aliphatic carbocycles. The van der Waals surface area contributed by atoms with Crippen molar-refractivity contribution in [2.24, 2.45) is 0 Å². The Bertz CT molecular complexity index is 149. The maximum atomic E-state index is 10.8. The molecule has 0 saturated carbocycles. The number of carbonyl (C=O) groups is 1. The van der Waals surface area contributed by atoms with Crippen molar-refractivity contribution in [3.8, 4) is 0 Å². The average Bonchev–Trinajstić information content (AvgIpc) is 2.20. The lowest BCUT2D eigenvalue weighted by atomic mass is 10.5. The van der Waals surface area contributed by atoms with Gasteiger partial charge in [0.25, 0.3) is 0 Å². The highest BCUT2D eigenvalue weighted by atomic mass is 28.4. The minimum absolute atomic E-state index is 0.0587. The third-order valence-electron chi connectivity index (χ3n) is 1.63. The monoisotopic (exact) mass is 208 g/mol. The first-order chi connectivity index (χ1) is 6.14. The van der Waals surface area contributed by atoms with Crippen LogP contribution in [0.15, 0.2) is 0 Å². The van der Waals surface area contributed by atoms with Gasteiger partial charge in [-0.15, -0.1) is 0 Å². The summed E-state index contributed by atoms with van der Waals surface area (Å²) in [4.78, 5) is 10.8. The largest absolute Gasteiger partial charge is 0.539 e. The van der Waals surface area contributed by atoms with Crippen molar-refractivity contribution in [2.75, 3.05) is 27.6 Å². The molecule has 0 heterocycles. The molecule has 0 aromatic carbocycles. The molecule has 13 heavy (non-hydrogen) atoms. The molecule has 0 bridgehead atoms. The Morgan fingerprint density at radius 1 is 1.15 bits per heavy atom. The van der Waals surface area contributed by atoms with E-state index in [-0.39, 0.29) is 12.2 Å². The Hall–Kier alpha value is -0.433. The van der Waals surface area contributed by atoms with Gasteiger partial charge in [-0.25, -0.2) is 0 Å². The molecule has 0 saturated heterocycles. The molecule has 0 amide bonds. The van der Waals surface area contributed by atoms with Crippen LogP contribution in [0.2, 0.25) is 0 Å². The lowest BCUT2D eigenvalue weighted by Gasteiger charge is -2.23. The maximum absolute atomic E-state index is 10.8. The van der Waals surface area contributed by atoms with Crippen LogP contribution in [0.4, 0.5) is 0 Å². The highest BCUT2D eigenvalue weighted by molar-refractivity contribution is 6.60. The van der Waals surface area contributed by atoms with Crippen LogP contribution in [0.3, 0.4) is 0 Å². The van der Waals surface area contributed by atoms with E-state index in [1.165, 1.54) is 21.3 Å². The smallest absolute Gasteiger partial charge is 0.461 e. The van der Waals surface area contributed by atoms with Gasteiger partial charge >= 0.3 is 14.8 Å². The minimum Gasteiger partial charge on any atom is -0.461 e. The molecule has 0 N–H and O–H groups in total. The van der Waals surface area contributed by atoms with Gasteiger partial charge in [0.05, 0.1) is 0 Å². The molecule has 0 aromatic heterocycles. The topological polar surface area (TPSA) is 54.0 Å². The highest BCUT2D eigenvalue weighted by Crippen LogP contribution is 2.06. The molecule has 0 unspecified atom stereocenters. The van der Waals surface area contributed by atoms with E-state index in [4.69, 9.17) is 18.0 Å². The fraction of sp³-hybridized carbons (Fsp3) is 0.857. The average molecular weight is 208 g/mol. The van der Waals surface area contributed by atoms with Crippen LogP contribution in [-0.2, 0) is 22.8 Å². The van der Waals surface area contributed by atoms with E-state index in [1.54, 1.807) is 6.92 Å². The van der Waals surface area contributed by atoms with E-state index < -0.39 is 8.80 Å². The van der Waals surface area contributed by atoms with Crippen LogP contribution in [-0.4, -0.2) is 42.3 Å². The van der Waals surface area contributed by atoms with Gasteiger partial charge in [-0.2, -0.15) is 0 Å². The Labute approximate surface area is 79.3 Å². The summed E-state index contributed by atoms with van der Waals surface area (Å²) in [6.07, 6.45) is 0.394. The van der Waals surface area contributed by atoms with E-state index in [2.05, 4.69) is 0 Å². The number of hydrogen-bond donors (Lipinski definition) is 0. The van der Waals surface area contributed by atoms with Crippen LogP contribution in [0, 0.1) is 0 Å². The molecule has 0 aliphatic heterocycles. The molecule has 0 aromatic rings. The van der Waals surface area contributed by atoms with Gasteiger partial charge in [0.1, 0.15) is 0 Å². The summed E-state index contributed by atoms with van der Waals surface area (Å²) in [6, 6.07) is 0. The van der Waals surface area contributed by atoms with Crippen molar-refractivity contribution < 1.29 is 22.8 Å². The van der Waals surface area contributed by atoms with E-state index in [1.807, 2.05) is 0 Å². The Balaban J connectivity index is 4.02. The van der Waals surface area contributed by atoms with E-state index >= 15 is 0 Å². The zero-order valence-electron chi connectivity index (χ0n) is 8.46. The Morgan fingerprint density at radius 2 is 1.62 bits per heavy atom. The van der Waals surface area contributed by atoms with Crippen LogP contribution in [0.25, 0.3) is 0 Å². The van der Waals surface area contributed by atoms with Gasteiger partial charge in [-0.3, -0.25) is 4.79 Å². The predicted octanol–water partition coefficient (Wildman–Crippen LogP) is 0.357. The Kier molecular flexibility index (Phi) is 5.88. The molecular weight excluding hydrogens is 192 g/mol. The summed E-state index contributed by atoms with van der Waals surface area (Å²) in [6.45, 7) is 1.72. The first-order valence-corrected chi connectivity index (χ1v) is 5.88. The maximum Gasteiger partial charge on any atom is 0.539 e. The number of ether oxygens (including phenoxy) is 1. The van der Waals surface area contributed by atoms with Gasteiger partial charge in [-0.05, 0) is 0 Å². The zero-order chi connectivity index (χ0) is 10.3. The molecule has 0 rings (SSSR count). The summed E-state index contributed by atoms with van der Waals surface area (Å²) in [5.74, 6) is -0.289.